The fourth-order valence-corrected chi connectivity index (χ4v) is 3.69. The lowest BCUT2D eigenvalue weighted by atomic mass is 10.1. The quantitative estimate of drug-likeness (QED) is 0.914. The molecule has 116 valence electrons. The van der Waals surface area contributed by atoms with E-state index in [4.69, 9.17) is 0 Å². The topological polar surface area (TPSA) is 66.5 Å². The van der Waals surface area contributed by atoms with Crippen LogP contribution < -0.4 is 5.32 Å². The summed E-state index contributed by atoms with van der Waals surface area (Å²) in [6.45, 7) is 2.11. The predicted octanol–water partition coefficient (Wildman–Crippen LogP) is 1.43. The predicted molar refractivity (Wildman–Crippen MR) is 77.5 cm³/mol. The molecule has 1 aromatic rings. The zero-order chi connectivity index (χ0) is 15.6. The Morgan fingerprint density at radius 2 is 2.19 bits per heavy atom. The van der Waals surface area contributed by atoms with Crippen LogP contribution in [0.4, 0.5) is 4.39 Å². The van der Waals surface area contributed by atoms with Crippen LogP contribution in [0, 0.1) is 5.82 Å². The molecule has 7 heteroatoms. The molecule has 0 spiro atoms. The van der Waals surface area contributed by atoms with Gasteiger partial charge in [0.05, 0.1) is 12.3 Å². The van der Waals surface area contributed by atoms with Crippen LogP contribution in [0.1, 0.15) is 31.4 Å². The fourth-order valence-electron chi connectivity index (χ4n) is 2.57. The second kappa shape index (κ2) is 6.11. The smallest absolute Gasteiger partial charge is 0.238 e. The van der Waals surface area contributed by atoms with Crippen LogP contribution in [0.3, 0.4) is 0 Å². The number of amides is 1. The van der Waals surface area contributed by atoms with Gasteiger partial charge in [-0.2, -0.15) is 4.31 Å². The third-order valence-corrected chi connectivity index (χ3v) is 4.93. The van der Waals surface area contributed by atoms with Gasteiger partial charge in [0.15, 0.2) is 0 Å². The average molecular weight is 314 g/mol. The molecule has 0 unspecified atom stereocenters. The number of hydrogen-bond donors (Lipinski definition) is 1. The van der Waals surface area contributed by atoms with E-state index < -0.39 is 16.1 Å². The summed E-state index contributed by atoms with van der Waals surface area (Å²) in [4.78, 5) is 12.3. The van der Waals surface area contributed by atoms with Crippen molar-refractivity contribution in [1.82, 2.24) is 9.62 Å². The van der Waals surface area contributed by atoms with Crippen molar-refractivity contribution in [2.45, 2.75) is 31.8 Å². The first-order chi connectivity index (χ1) is 9.79. The Morgan fingerprint density at radius 1 is 1.48 bits per heavy atom. The van der Waals surface area contributed by atoms with Crippen molar-refractivity contribution in [3.8, 4) is 0 Å². The van der Waals surface area contributed by atoms with Crippen molar-refractivity contribution in [3.05, 3.63) is 35.6 Å². The first-order valence-corrected chi connectivity index (χ1v) is 8.66. The van der Waals surface area contributed by atoms with Crippen LogP contribution in [0.15, 0.2) is 24.3 Å². The maximum absolute atomic E-state index is 13.2. The van der Waals surface area contributed by atoms with Crippen molar-refractivity contribution >= 4 is 15.9 Å². The monoisotopic (exact) mass is 314 g/mol. The highest BCUT2D eigenvalue weighted by atomic mass is 32.2. The van der Waals surface area contributed by atoms with E-state index in [9.17, 15) is 17.6 Å². The molecular weight excluding hydrogens is 295 g/mol. The van der Waals surface area contributed by atoms with Gasteiger partial charge in [-0.05, 0) is 37.5 Å². The second-order valence-corrected chi connectivity index (χ2v) is 7.25. The highest BCUT2D eigenvalue weighted by molar-refractivity contribution is 7.88. The molecule has 1 aromatic carbocycles. The Hall–Kier alpha value is -1.47. The molecule has 1 aliphatic rings. The van der Waals surface area contributed by atoms with Crippen molar-refractivity contribution in [2.24, 2.45) is 0 Å². The molecule has 5 nitrogen and oxygen atoms in total. The standard InChI is InChI=1S/C14H19FN2O3S/c1-10(11-5-3-6-12(15)9-11)16-14(18)13-7-4-8-17(13)21(2,19)20/h3,5-6,9-10,13H,4,7-8H2,1-2H3,(H,16,18)/t10-,13+/m1/s1. The third kappa shape index (κ3) is 3.79. The van der Waals surface area contributed by atoms with Gasteiger partial charge in [0.1, 0.15) is 11.9 Å². The molecule has 0 bridgehead atoms. The first kappa shape index (κ1) is 15.9. The zero-order valence-corrected chi connectivity index (χ0v) is 12.9. The lowest BCUT2D eigenvalue weighted by molar-refractivity contribution is -0.124. The molecule has 1 fully saturated rings. The number of halogens is 1. The van der Waals surface area contributed by atoms with Crippen molar-refractivity contribution < 1.29 is 17.6 Å². The van der Waals surface area contributed by atoms with E-state index in [2.05, 4.69) is 5.32 Å². The maximum Gasteiger partial charge on any atom is 0.238 e. The summed E-state index contributed by atoms with van der Waals surface area (Å²) in [5.41, 5.74) is 0.646. The summed E-state index contributed by atoms with van der Waals surface area (Å²) in [5.74, 6) is -0.707. The van der Waals surface area contributed by atoms with Gasteiger partial charge in [-0.3, -0.25) is 4.79 Å². The number of carbonyl (C=O) groups excluding carboxylic acids is 1. The number of hydrogen-bond acceptors (Lipinski definition) is 3. The van der Waals surface area contributed by atoms with E-state index in [-0.39, 0.29) is 17.8 Å². The molecule has 0 radical (unpaired) electrons. The lowest BCUT2D eigenvalue weighted by Gasteiger charge is -2.23. The molecule has 1 amide bonds. The van der Waals surface area contributed by atoms with E-state index >= 15 is 0 Å². The Kier molecular flexibility index (Phi) is 4.63. The summed E-state index contributed by atoms with van der Waals surface area (Å²) in [6, 6.07) is 4.93. The van der Waals surface area contributed by atoms with Crippen LogP contribution in [-0.4, -0.2) is 37.5 Å². The van der Waals surface area contributed by atoms with E-state index in [0.29, 0.717) is 24.9 Å². The van der Waals surface area contributed by atoms with Gasteiger partial charge in [0.2, 0.25) is 15.9 Å². The number of sulfonamides is 1. The number of nitrogens with zero attached hydrogens (tertiary/aromatic N) is 1. The summed E-state index contributed by atoms with van der Waals surface area (Å²) in [5, 5.41) is 2.76. The van der Waals surface area contributed by atoms with Crippen molar-refractivity contribution in [3.63, 3.8) is 0 Å². The molecule has 1 aliphatic heterocycles. The number of rotatable bonds is 4. The van der Waals surface area contributed by atoms with Gasteiger partial charge in [0, 0.05) is 6.54 Å². The first-order valence-electron chi connectivity index (χ1n) is 6.81. The lowest BCUT2D eigenvalue weighted by Crippen LogP contribution is -2.46. The SMILES string of the molecule is C[C@@H](NC(=O)[C@@H]1CCCN1S(C)(=O)=O)c1cccc(F)c1. The molecule has 21 heavy (non-hydrogen) atoms. The second-order valence-electron chi connectivity index (χ2n) is 5.32. The van der Waals surface area contributed by atoms with E-state index in [1.54, 1.807) is 19.1 Å². The summed E-state index contributed by atoms with van der Waals surface area (Å²) >= 11 is 0. The fraction of sp³-hybridized carbons (Fsp3) is 0.500. The van der Waals surface area contributed by atoms with Crippen LogP contribution in [0.5, 0.6) is 0 Å². The molecule has 1 N–H and O–H groups in total. The number of nitrogens with one attached hydrogen (secondary N) is 1. The van der Waals surface area contributed by atoms with Gasteiger partial charge >= 0.3 is 0 Å². The molecule has 2 rings (SSSR count). The van der Waals surface area contributed by atoms with Gasteiger partial charge in [-0.1, -0.05) is 12.1 Å². The minimum atomic E-state index is -3.39. The van der Waals surface area contributed by atoms with Crippen LogP contribution >= 0.6 is 0 Å². The number of carbonyl (C=O) groups is 1. The van der Waals surface area contributed by atoms with Crippen LogP contribution in [0.25, 0.3) is 0 Å². The Labute approximate surface area is 124 Å². The molecular formula is C14H19FN2O3S. The summed E-state index contributed by atoms with van der Waals surface area (Å²) in [6.07, 6.45) is 2.28. The third-order valence-electron chi connectivity index (χ3n) is 3.64. The Bertz CT molecular complexity index is 633. The minimum Gasteiger partial charge on any atom is -0.348 e. The van der Waals surface area contributed by atoms with Gasteiger partial charge in [-0.15, -0.1) is 0 Å². The van der Waals surface area contributed by atoms with Gasteiger partial charge < -0.3 is 5.32 Å². The highest BCUT2D eigenvalue weighted by Gasteiger charge is 2.36. The average Bonchev–Trinajstić information content (AvgIpc) is 2.87. The van der Waals surface area contributed by atoms with E-state index in [1.165, 1.54) is 16.4 Å². The van der Waals surface area contributed by atoms with Gasteiger partial charge in [-0.25, -0.2) is 12.8 Å². The normalized spacial score (nSPS) is 21.2. The van der Waals surface area contributed by atoms with Crippen molar-refractivity contribution in [1.29, 1.82) is 0 Å². The Morgan fingerprint density at radius 3 is 2.81 bits per heavy atom. The zero-order valence-electron chi connectivity index (χ0n) is 12.0. The summed E-state index contributed by atoms with van der Waals surface area (Å²) < 4.78 is 37.7. The van der Waals surface area contributed by atoms with E-state index in [1.807, 2.05) is 0 Å². The minimum absolute atomic E-state index is 0.338. The van der Waals surface area contributed by atoms with E-state index in [0.717, 1.165) is 6.26 Å². The van der Waals surface area contributed by atoms with Gasteiger partial charge in [0.25, 0.3) is 0 Å². The van der Waals surface area contributed by atoms with Crippen LogP contribution in [0.2, 0.25) is 0 Å². The summed E-state index contributed by atoms with van der Waals surface area (Å²) in [7, 11) is -3.39. The largest absolute Gasteiger partial charge is 0.348 e. The highest BCUT2D eigenvalue weighted by Crippen LogP contribution is 2.22. The molecule has 0 aromatic heterocycles. The molecule has 0 saturated carbocycles. The molecule has 1 heterocycles. The number of benzene rings is 1. The molecule has 1 saturated heterocycles. The molecule has 2 atom stereocenters. The van der Waals surface area contributed by atoms with Crippen molar-refractivity contribution in [2.75, 3.05) is 12.8 Å². The molecule has 0 aliphatic carbocycles. The Balaban J connectivity index is 2.07. The maximum atomic E-state index is 13.2. The van der Waals surface area contributed by atoms with Crippen LogP contribution in [-0.2, 0) is 14.8 Å².